The number of carbonyl (C=O) groups is 1. The first kappa shape index (κ1) is 17.5. The Morgan fingerprint density at radius 1 is 1.41 bits per heavy atom. The van der Waals surface area contributed by atoms with Gasteiger partial charge in [0.15, 0.2) is 5.79 Å². The van der Waals surface area contributed by atoms with Crippen LogP contribution in [0.25, 0.3) is 0 Å². The first-order valence-corrected chi connectivity index (χ1v) is 8.45. The van der Waals surface area contributed by atoms with Crippen LogP contribution >= 0.6 is 0 Å². The van der Waals surface area contributed by atoms with Gasteiger partial charge in [-0.3, -0.25) is 4.79 Å². The minimum atomic E-state index is -0.527. The van der Waals surface area contributed by atoms with Crippen LogP contribution in [-0.2, 0) is 19.0 Å². The normalized spacial score (nSPS) is 27.5. The van der Waals surface area contributed by atoms with Crippen molar-refractivity contribution in [2.24, 2.45) is 17.3 Å². The lowest BCUT2D eigenvalue weighted by molar-refractivity contribution is -0.267. The zero-order valence-electron chi connectivity index (χ0n) is 14.2. The summed E-state index contributed by atoms with van der Waals surface area (Å²) in [5.41, 5.74) is -0.200. The fourth-order valence-corrected chi connectivity index (χ4v) is 4.31. The third-order valence-corrected chi connectivity index (χ3v) is 5.60. The number of hydrogen-bond donors (Lipinski definition) is 0. The van der Waals surface area contributed by atoms with Crippen LogP contribution in [0.1, 0.15) is 52.4 Å². The van der Waals surface area contributed by atoms with E-state index >= 15 is 0 Å². The molecule has 1 heterocycles. The van der Waals surface area contributed by atoms with E-state index in [1.807, 2.05) is 6.08 Å². The van der Waals surface area contributed by atoms with E-state index in [0.29, 0.717) is 13.2 Å². The zero-order chi connectivity index (χ0) is 16.2. The summed E-state index contributed by atoms with van der Waals surface area (Å²) in [6.07, 6.45) is 7.60. The van der Waals surface area contributed by atoms with Gasteiger partial charge < -0.3 is 14.2 Å². The SMILES string of the molecule is C=CCCC[C@@H](C(=O)OC)[C@H]1CCCC2(OCCO2)C1(C)C. The van der Waals surface area contributed by atoms with Crippen molar-refractivity contribution in [2.45, 2.75) is 58.2 Å². The van der Waals surface area contributed by atoms with Gasteiger partial charge in [-0.2, -0.15) is 0 Å². The van der Waals surface area contributed by atoms with Gasteiger partial charge >= 0.3 is 5.97 Å². The Morgan fingerprint density at radius 3 is 2.68 bits per heavy atom. The summed E-state index contributed by atoms with van der Waals surface area (Å²) in [5, 5.41) is 0. The Labute approximate surface area is 134 Å². The summed E-state index contributed by atoms with van der Waals surface area (Å²) in [4.78, 5) is 12.4. The molecule has 1 aliphatic heterocycles. The Bertz CT molecular complexity index is 396. The van der Waals surface area contributed by atoms with Gasteiger partial charge in [-0.05, 0) is 38.0 Å². The minimum Gasteiger partial charge on any atom is -0.469 e. The molecule has 2 fully saturated rings. The number of methoxy groups -OCH3 is 1. The highest BCUT2D eigenvalue weighted by molar-refractivity contribution is 5.72. The molecular weight excluding hydrogens is 280 g/mol. The lowest BCUT2D eigenvalue weighted by Crippen LogP contribution is -2.55. The molecule has 0 unspecified atom stereocenters. The van der Waals surface area contributed by atoms with Gasteiger partial charge in [0.25, 0.3) is 0 Å². The first-order valence-electron chi connectivity index (χ1n) is 8.45. The number of carbonyl (C=O) groups excluding carboxylic acids is 1. The van der Waals surface area contributed by atoms with Crippen molar-refractivity contribution in [3.8, 4) is 0 Å². The fraction of sp³-hybridized carbons (Fsp3) is 0.833. The molecule has 2 atom stereocenters. The number of rotatable bonds is 6. The molecule has 0 N–H and O–H groups in total. The molecule has 0 amide bonds. The standard InChI is InChI=1S/C18H30O4/c1-5-6-7-9-14(16(19)20-4)15-10-8-11-18(17(15,2)3)21-12-13-22-18/h5,14-15H,1,6-13H2,2-4H3/t14-,15-/m1/s1. The molecule has 2 rings (SSSR count). The van der Waals surface area contributed by atoms with Crippen LogP contribution in [0.3, 0.4) is 0 Å². The highest BCUT2D eigenvalue weighted by atomic mass is 16.7. The van der Waals surface area contributed by atoms with E-state index in [-0.39, 0.29) is 23.2 Å². The molecule has 0 aromatic rings. The average molecular weight is 310 g/mol. The van der Waals surface area contributed by atoms with Gasteiger partial charge in [-0.25, -0.2) is 0 Å². The summed E-state index contributed by atoms with van der Waals surface area (Å²) in [6, 6.07) is 0. The maximum atomic E-state index is 12.4. The molecule has 4 heteroatoms. The number of hydrogen-bond acceptors (Lipinski definition) is 4. The molecule has 0 radical (unpaired) electrons. The second kappa shape index (κ2) is 7.14. The molecule has 1 saturated heterocycles. The smallest absolute Gasteiger partial charge is 0.308 e. The van der Waals surface area contributed by atoms with Crippen molar-refractivity contribution in [1.29, 1.82) is 0 Å². The molecule has 22 heavy (non-hydrogen) atoms. The Hall–Kier alpha value is -0.870. The fourth-order valence-electron chi connectivity index (χ4n) is 4.31. The predicted molar refractivity (Wildman–Crippen MR) is 85.3 cm³/mol. The zero-order valence-corrected chi connectivity index (χ0v) is 14.2. The van der Waals surface area contributed by atoms with Gasteiger partial charge in [0, 0.05) is 11.8 Å². The van der Waals surface area contributed by atoms with E-state index in [1.54, 1.807) is 0 Å². The maximum absolute atomic E-state index is 12.4. The van der Waals surface area contributed by atoms with Crippen LogP contribution in [0.2, 0.25) is 0 Å². The van der Waals surface area contributed by atoms with Gasteiger partial charge in [-0.1, -0.05) is 19.9 Å². The molecule has 0 aromatic carbocycles. The summed E-state index contributed by atoms with van der Waals surface area (Å²) in [7, 11) is 1.48. The van der Waals surface area contributed by atoms with Crippen LogP contribution in [0.4, 0.5) is 0 Å². The second-order valence-electron chi connectivity index (χ2n) is 7.02. The van der Waals surface area contributed by atoms with Gasteiger partial charge in [0.1, 0.15) is 0 Å². The predicted octanol–water partition coefficient (Wildman–Crippen LogP) is 3.70. The van der Waals surface area contributed by atoms with Gasteiger partial charge in [0.2, 0.25) is 0 Å². The molecule has 1 saturated carbocycles. The van der Waals surface area contributed by atoms with E-state index in [2.05, 4.69) is 20.4 Å². The molecule has 2 aliphatic rings. The number of allylic oxidation sites excluding steroid dienone is 1. The third kappa shape index (κ3) is 3.09. The maximum Gasteiger partial charge on any atom is 0.308 e. The molecule has 4 nitrogen and oxygen atoms in total. The average Bonchev–Trinajstić information content (AvgIpc) is 2.97. The highest BCUT2D eigenvalue weighted by Gasteiger charge is 2.58. The molecular formula is C18H30O4. The number of esters is 1. The Balaban J connectivity index is 2.20. The largest absolute Gasteiger partial charge is 0.469 e. The molecule has 0 aromatic heterocycles. The Kier molecular flexibility index (Phi) is 5.67. The van der Waals surface area contributed by atoms with E-state index < -0.39 is 5.79 Å². The number of unbranched alkanes of at least 4 members (excludes halogenated alkanes) is 1. The molecule has 1 aliphatic carbocycles. The van der Waals surface area contributed by atoms with Gasteiger partial charge in [0.05, 0.1) is 26.2 Å². The second-order valence-corrected chi connectivity index (χ2v) is 7.02. The van der Waals surface area contributed by atoms with E-state index in [9.17, 15) is 4.79 Å². The summed E-state index contributed by atoms with van der Waals surface area (Å²) in [6.45, 7) is 9.43. The van der Waals surface area contributed by atoms with Crippen LogP contribution in [0, 0.1) is 17.3 Å². The van der Waals surface area contributed by atoms with E-state index in [0.717, 1.165) is 38.5 Å². The van der Waals surface area contributed by atoms with Gasteiger partial charge in [-0.15, -0.1) is 6.58 Å². The lowest BCUT2D eigenvalue weighted by atomic mass is 9.59. The Morgan fingerprint density at radius 2 is 2.09 bits per heavy atom. The monoisotopic (exact) mass is 310 g/mol. The van der Waals surface area contributed by atoms with E-state index in [1.165, 1.54) is 7.11 Å². The van der Waals surface area contributed by atoms with E-state index in [4.69, 9.17) is 14.2 Å². The van der Waals surface area contributed by atoms with Crippen molar-refractivity contribution in [2.75, 3.05) is 20.3 Å². The van der Waals surface area contributed by atoms with Crippen molar-refractivity contribution < 1.29 is 19.0 Å². The highest BCUT2D eigenvalue weighted by Crippen LogP contribution is 2.55. The van der Waals surface area contributed by atoms with Crippen molar-refractivity contribution >= 4 is 5.97 Å². The quantitative estimate of drug-likeness (QED) is 0.426. The summed E-state index contributed by atoms with van der Waals surface area (Å²) >= 11 is 0. The van der Waals surface area contributed by atoms with Crippen LogP contribution in [-0.4, -0.2) is 32.1 Å². The van der Waals surface area contributed by atoms with Crippen LogP contribution in [0.15, 0.2) is 12.7 Å². The van der Waals surface area contributed by atoms with Crippen molar-refractivity contribution in [3.63, 3.8) is 0 Å². The first-order chi connectivity index (χ1) is 10.5. The number of ether oxygens (including phenoxy) is 3. The topological polar surface area (TPSA) is 44.8 Å². The molecule has 0 bridgehead atoms. The van der Waals surface area contributed by atoms with Crippen LogP contribution < -0.4 is 0 Å². The lowest BCUT2D eigenvalue weighted by Gasteiger charge is -2.52. The molecule has 126 valence electrons. The molecule has 1 spiro atoms. The summed E-state index contributed by atoms with van der Waals surface area (Å²) < 4.78 is 17.1. The minimum absolute atomic E-state index is 0.0927. The van der Waals surface area contributed by atoms with Crippen molar-refractivity contribution in [1.82, 2.24) is 0 Å². The summed E-state index contributed by atoms with van der Waals surface area (Å²) in [5.74, 6) is -0.501. The third-order valence-electron chi connectivity index (χ3n) is 5.60. The van der Waals surface area contributed by atoms with Crippen molar-refractivity contribution in [3.05, 3.63) is 12.7 Å². The van der Waals surface area contributed by atoms with Crippen LogP contribution in [0.5, 0.6) is 0 Å².